The topological polar surface area (TPSA) is 109 Å². The number of nitrogens with one attached hydrogen (secondary N) is 4. The maximum Gasteiger partial charge on any atom is 0.337 e. The second-order valence-electron chi connectivity index (χ2n) is 5.78. The Morgan fingerprint density at radius 1 is 1.22 bits per heavy atom. The number of amides is 3. The highest BCUT2D eigenvalue weighted by Crippen LogP contribution is 2.24. The Morgan fingerprint density at radius 3 is 2.52 bits per heavy atom. The molecule has 1 aliphatic heterocycles. The normalized spacial score (nSPS) is 16.3. The number of carbonyl (C=O) groups excluding carboxylic acids is 3. The summed E-state index contributed by atoms with van der Waals surface area (Å²) in [5.74, 6) is -2.96. The van der Waals surface area contributed by atoms with Gasteiger partial charge in [-0.05, 0) is 19.9 Å². The van der Waals surface area contributed by atoms with Crippen LogP contribution in [-0.4, -0.2) is 37.1 Å². The number of urea groups is 1. The highest BCUT2D eigenvalue weighted by Gasteiger charge is 2.29. The molecule has 1 aromatic carbocycles. The van der Waals surface area contributed by atoms with Crippen molar-refractivity contribution < 1.29 is 27.9 Å². The van der Waals surface area contributed by atoms with E-state index < -0.39 is 35.6 Å². The number of carbonyl (C=O) groups is 3. The fourth-order valence-corrected chi connectivity index (χ4v) is 2.57. The van der Waals surface area contributed by atoms with Crippen LogP contribution in [0.5, 0.6) is 0 Å². The quantitative estimate of drug-likeness (QED) is 0.562. The van der Waals surface area contributed by atoms with E-state index in [4.69, 9.17) is 4.74 Å². The monoisotopic (exact) mass is 382 g/mol. The predicted molar refractivity (Wildman–Crippen MR) is 93.9 cm³/mol. The predicted octanol–water partition coefficient (Wildman–Crippen LogP) is 1.85. The fourth-order valence-electron chi connectivity index (χ4n) is 2.57. The summed E-state index contributed by atoms with van der Waals surface area (Å²) in [6.07, 6.45) is 0. The average molecular weight is 382 g/mol. The Kier molecular flexibility index (Phi) is 6.32. The lowest BCUT2D eigenvalue weighted by Crippen LogP contribution is -2.50. The van der Waals surface area contributed by atoms with Crippen LogP contribution in [0.3, 0.4) is 0 Å². The summed E-state index contributed by atoms with van der Waals surface area (Å²) in [5, 5.41) is 9.96. The molecule has 27 heavy (non-hydrogen) atoms. The number of esters is 1. The molecule has 8 nitrogen and oxygen atoms in total. The largest absolute Gasteiger partial charge is 0.463 e. The lowest BCUT2D eigenvalue weighted by molar-refractivity contribution is -0.139. The molecule has 3 amide bonds. The van der Waals surface area contributed by atoms with E-state index in [0.717, 1.165) is 6.07 Å². The number of benzene rings is 1. The van der Waals surface area contributed by atoms with Gasteiger partial charge < -0.3 is 26.0 Å². The molecule has 10 heteroatoms. The molecule has 0 aliphatic carbocycles. The molecular weight excluding hydrogens is 362 g/mol. The van der Waals surface area contributed by atoms with E-state index in [-0.39, 0.29) is 35.8 Å². The number of hydrogen-bond donors (Lipinski definition) is 4. The van der Waals surface area contributed by atoms with E-state index in [9.17, 15) is 23.2 Å². The first-order valence-corrected chi connectivity index (χ1v) is 8.21. The molecule has 1 atom stereocenters. The van der Waals surface area contributed by atoms with Gasteiger partial charge in [-0.15, -0.1) is 0 Å². The van der Waals surface area contributed by atoms with Crippen LogP contribution in [-0.2, 0) is 14.3 Å². The molecule has 0 bridgehead atoms. The summed E-state index contributed by atoms with van der Waals surface area (Å²) in [6, 6.07) is 0.578. The summed E-state index contributed by atoms with van der Waals surface area (Å²) in [4.78, 5) is 35.0. The van der Waals surface area contributed by atoms with Crippen molar-refractivity contribution >= 4 is 29.3 Å². The minimum Gasteiger partial charge on any atom is -0.463 e. The molecule has 4 N–H and O–H groups in total. The number of rotatable bonds is 6. The molecular formula is C17H20F2N4O4. The van der Waals surface area contributed by atoms with Crippen LogP contribution < -0.4 is 21.3 Å². The van der Waals surface area contributed by atoms with Crippen LogP contribution in [0.2, 0.25) is 0 Å². The van der Waals surface area contributed by atoms with Crippen LogP contribution >= 0.6 is 0 Å². The summed E-state index contributed by atoms with van der Waals surface area (Å²) >= 11 is 0. The Morgan fingerprint density at radius 2 is 1.89 bits per heavy atom. The van der Waals surface area contributed by atoms with Gasteiger partial charge in [-0.25, -0.2) is 18.4 Å². The minimum absolute atomic E-state index is 0.115. The zero-order chi connectivity index (χ0) is 20.1. The minimum atomic E-state index is -0.927. The van der Waals surface area contributed by atoms with Crippen molar-refractivity contribution in [2.24, 2.45) is 0 Å². The van der Waals surface area contributed by atoms with Crippen molar-refractivity contribution in [2.45, 2.75) is 26.8 Å². The van der Waals surface area contributed by atoms with Gasteiger partial charge in [0, 0.05) is 13.0 Å². The maximum atomic E-state index is 14.0. The molecule has 1 aromatic rings. The van der Waals surface area contributed by atoms with E-state index in [0.29, 0.717) is 6.07 Å². The molecule has 0 saturated carbocycles. The van der Waals surface area contributed by atoms with Gasteiger partial charge >= 0.3 is 12.0 Å². The lowest BCUT2D eigenvalue weighted by Gasteiger charge is -2.27. The van der Waals surface area contributed by atoms with Crippen molar-refractivity contribution in [1.29, 1.82) is 0 Å². The highest BCUT2D eigenvalue weighted by molar-refractivity contribution is 5.95. The van der Waals surface area contributed by atoms with Crippen molar-refractivity contribution in [3.63, 3.8) is 0 Å². The van der Waals surface area contributed by atoms with Gasteiger partial charge in [0.2, 0.25) is 5.91 Å². The number of halogens is 2. The summed E-state index contributed by atoms with van der Waals surface area (Å²) < 4.78 is 32.7. The van der Waals surface area contributed by atoms with Crippen LogP contribution in [0, 0.1) is 11.6 Å². The summed E-state index contributed by atoms with van der Waals surface area (Å²) in [5.41, 5.74) is 0.0769. The van der Waals surface area contributed by atoms with E-state index in [2.05, 4.69) is 21.3 Å². The lowest BCUT2D eigenvalue weighted by atomic mass is 10.0. The van der Waals surface area contributed by atoms with Crippen molar-refractivity contribution in [3.8, 4) is 0 Å². The van der Waals surface area contributed by atoms with Crippen LogP contribution in [0.25, 0.3) is 0 Å². The SMILES string of the molecule is CCOC(=O)C1=C(CNc2cc(NC(C)=O)c(F)cc2F)NC(=O)NC1C. The van der Waals surface area contributed by atoms with E-state index in [1.807, 2.05) is 0 Å². The van der Waals surface area contributed by atoms with E-state index in [1.165, 1.54) is 6.92 Å². The van der Waals surface area contributed by atoms with Crippen molar-refractivity contribution in [3.05, 3.63) is 35.0 Å². The Bertz CT molecular complexity index is 810. The van der Waals surface area contributed by atoms with E-state index in [1.54, 1.807) is 13.8 Å². The maximum absolute atomic E-state index is 14.0. The van der Waals surface area contributed by atoms with Gasteiger partial charge in [-0.2, -0.15) is 0 Å². The third-order valence-electron chi connectivity index (χ3n) is 3.69. The van der Waals surface area contributed by atoms with Crippen molar-refractivity contribution in [1.82, 2.24) is 10.6 Å². The van der Waals surface area contributed by atoms with Crippen molar-refractivity contribution in [2.75, 3.05) is 23.8 Å². The molecule has 146 valence electrons. The zero-order valence-corrected chi connectivity index (χ0v) is 15.0. The molecule has 1 aliphatic rings. The smallest absolute Gasteiger partial charge is 0.337 e. The second-order valence-corrected chi connectivity index (χ2v) is 5.78. The highest BCUT2D eigenvalue weighted by atomic mass is 19.1. The van der Waals surface area contributed by atoms with Gasteiger partial charge in [0.15, 0.2) is 0 Å². The zero-order valence-electron chi connectivity index (χ0n) is 15.0. The molecule has 2 rings (SSSR count). The molecule has 0 spiro atoms. The summed E-state index contributed by atoms with van der Waals surface area (Å²) in [7, 11) is 0. The number of ether oxygens (including phenoxy) is 1. The first-order valence-electron chi connectivity index (χ1n) is 8.21. The number of anilines is 2. The second kappa shape index (κ2) is 8.47. The van der Waals surface area contributed by atoms with Gasteiger partial charge in [0.05, 0.1) is 41.8 Å². The summed E-state index contributed by atoms with van der Waals surface area (Å²) in [6.45, 7) is 4.47. The molecule has 0 aromatic heterocycles. The first kappa shape index (κ1) is 20.1. The van der Waals surface area contributed by atoms with Crippen LogP contribution in [0.1, 0.15) is 20.8 Å². The molecule has 1 unspecified atom stereocenters. The molecule has 0 saturated heterocycles. The van der Waals surface area contributed by atoms with Gasteiger partial charge in [0.1, 0.15) is 11.6 Å². The number of hydrogen-bond acceptors (Lipinski definition) is 5. The Balaban J connectivity index is 2.29. The van der Waals surface area contributed by atoms with E-state index >= 15 is 0 Å². The molecule has 0 fully saturated rings. The fraction of sp³-hybridized carbons (Fsp3) is 0.353. The van der Waals surface area contributed by atoms with Gasteiger partial charge in [-0.3, -0.25) is 4.79 Å². The average Bonchev–Trinajstić information content (AvgIpc) is 2.55. The standard InChI is InChI=1S/C17H20F2N4O4/c1-4-27-16(25)15-8(2)21-17(26)23-14(15)7-20-12-6-13(22-9(3)24)11(19)5-10(12)18/h5-6,8,20H,4,7H2,1-3H3,(H,22,24)(H2,21,23,26). The van der Waals surface area contributed by atoms with Crippen LogP contribution in [0.15, 0.2) is 23.4 Å². The van der Waals surface area contributed by atoms with Gasteiger partial charge in [-0.1, -0.05) is 0 Å². The first-order chi connectivity index (χ1) is 12.7. The third-order valence-corrected chi connectivity index (χ3v) is 3.69. The third kappa shape index (κ3) is 4.93. The molecule has 1 heterocycles. The Hall–Kier alpha value is -3.17. The van der Waals surface area contributed by atoms with Gasteiger partial charge in [0.25, 0.3) is 0 Å². The van der Waals surface area contributed by atoms with Crippen LogP contribution in [0.4, 0.5) is 25.0 Å². The Labute approximate surface area is 154 Å². The molecule has 0 radical (unpaired) electrons.